The predicted octanol–water partition coefficient (Wildman–Crippen LogP) is 3.01. The van der Waals surface area contributed by atoms with E-state index < -0.39 is 0 Å². The molecule has 0 aromatic carbocycles. The van der Waals surface area contributed by atoms with Crippen molar-refractivity contribution in [3.8, 4) is 0 Å². The van der Waals surface area contributed by atoms with Crippen molar-refractivity contribution < 1.29 is 0 Å². The van der Waals surface area contributed by atoms with Gasteiger partial charge in [0.1, 0.15) is 0 Å². The Hall–Kier alpha value is -1.05. The zero-order valence-electron chi connectivity index (χ0n) is 15.5. The lowest BCUT2D eigenvalue weighted by Crippen LogP contribution is -2.42. The second-order valence-electron chi connectivity index (χ2n) is 7.36. The monoisotopic (exact) mass is 458 g/mol. The predicted molar refractivity (Wildman–Crippen MR) is 114 cm³/mol. The molecule has 25 heavy (non-hydrogen) atoms. The average molecular weight is 458 g/mol. The molecule has 1 aliphatic carbocycles. The van der Waals surface area contributed by atoms with Crippen LogP contribution in [0, 0.1) is 12.3 Å². The quantitative estimate of drug-likeness (QED) is 0.320. The van der Waals surface area contributed by atoms with Crippen LogP contribution in [-0.4, -0.2) is 42.1 Å². The van der Waals surface area contributed by atoms with Crippen LogP contribution in [0.1, 0.15) is 44.2 Å². The van der Waals surface area contributed by atoms with E-state index in [4.69, 9.17) is 0 Å². The van der Waals surface area contributed by atoms with Crippen LogP contribution in [0.15, 0.2) is 28.0 Å². The minimum Gasteiger partial charge on any atom is -0.356 e. The number of likely N-dealkylation sites (tertiary alicyclic amines) is 1. The number of pyridine rings is 1. The molecule has 0 radical (unpaired) electrons. The molecule has 1 aliphatic heterocycles. The number of rotatable bonds is 5. The van der Waals surface area contributed by atoms with E-state index in [9.17, 15) is 4.79 Å². The summed E-state index contributed by atoms with van der Waals surface area (Å²) in [6.45, 7) is 6.00. The first-order valence-electron chi connectivity index (χ1n) is 9.26. The summed E-state index contributed by atoms with van der Waals surface area (Å²) in [4.78, 5) is 18.7. The number of hydrogen-bond donors (Lipinski definition) is 1. The van der Waals surface area contributed by atoms with Crippen LogP contribution in [0.2, 0.25) is 0 Å². The maximum atomic E-state index is 11.8. The van der Waals surface area contributed by atoms with Crippen LogP contribution < -0.4 is 10.9 Å². The number of halogens is 1. The summed E-state index contributed by atoms with van der Waals surface area (Å²) in [5.41, 5.74) is 1.74. The molecular formula is C19H31IN4O. The zero-order valence-corrected chi connectivity index (χ0v) is 17.8. The van der Waals surface area contributed by atoms with Gasteiger partial charge in [0.05, 0.1) is 0 Å². The molecule has 1 aromatic heterocycles. The first-order chi connectivity index (χ1) is 11.6. The normalized spacial score (nSPS) is 18.8. The molecule has 0 unspecified atom stereocenters. The van der Waals surface area contributed by atoms with E-state index in [-0.39, 0.29) is 29.5 Å². The molecule has 0 amide bonds. The molecule has 0 bridgehead atoms. The zero-order chi connectivity index (χ0) is 17.0. The Balaban J connectivity index is 0.00000225. The Labute approximate surface area is 167 Å². The average Bonchev–Trinajstić information content (AvgIpc) is 2.99. The van der Waals surface area contributed by atoms with Crippen LogP contribution in [-0.2, 0) is 6.54 Å². The van der Waals surface area contributed by atoms with E-state index in [2.05, 4.69) is 15.2 Å². The second-order valence-corrected chi connectivity index (χ2v) is 7.36. The summed E-state index contributed by atoms with van der Waals surface area (Å²) in [6, 6.07) is 5.45. The largest absolute Gasteiger partial charge is 0.356 e. The van der Waals surface area contributed by atoms with Gasteiger partial charge in [-0.15, -0.1) is 24.0 Å². The van der Waals surface area contributed by atoms with Crippen LogP contribution in [0.3, 0.4) is 0 Å². The summed E-state index contributed by atoms with van der Waals surface area (Å²) < 4.78 is 1.86. The molecule has 1 spiro atoms. The fourth-order valence-corrected chi connectivity index (χ4v) is 4.04. The van der Waals surface area contributed by atoms with E-state index in [0.29, 0.717) is 5.41 Å². The number of guanidine groups is 1. The number of aliphatic imine (C=N–C) groups is 1. The summed E-state index contributed by atoms with van der Waals surface area (Å²) in [6.07, 6.45) is 7.55. The van der Waals surface area contributed by atoms with Gasteiger partial charge in [-0.2, -0.15) is 0 Å². The van der Waals surface area contributed by atoms with Gasteiger partial charge in [-0.25, -0.2) is 0 Å². The van der Waals surface area contributed by atoms with Gasteiger partial charge in [-0.1, -0.05) is 12.5 Å². The second kappa shape index (κ2) is 9.05. The maximum absolute atomic E-state index is 11.8. The molecular weight excluding hydrogens is 427 g/mol. The molecule has 2 heterocycles. The van der Waals surface area contributed by atoms with E-state index in [1.807, 2.05) is 30.7 Å². The lowest BCUT2D eigenvalue weighted by atomic mass is 9.68. The van der Waals surface area contributed by atoms with Crippen LogP contribution >= 0.6 is 24.0 Å². The smallest absolute Gasteiger partial charge is 0.250 e. The van der Waals surface area contributed by atoms with Gasteiger partial charge in [0.2, 0.25) is 0 Å². The van der Waals surface area contributed by atoms with Crippen molar-refractivity contribution in [3.05, 3.63) is 34.2 Å². The SMILES string of the molecule is CN=C(NCCCCn1c(C)cccc1=O)N1CCC2(CCC2)C1.I. The van der Waals surface area contributed by atoms with Crippen LogP contribution in [0.25, 0.3) is 0 Å². The fraction of sp³-hybridized carbons (Fsp3) is 0.684. The highest BCUT2D eigenvalue weighted by Gasteiger charge is 2.43. The van der Waals surface area contributed by atoms with Gasteiger partial charge in [0.25, 0.3) is 5.56 Å². The number of nitrogens with one attached hydrogen (secondary N) is 1. The molecule has 1 N–H and O–H groups in total. The first kappa shape index (κ1) is 20.3. The van der Waals surface area contributed by atoms with Gasteiger partial charge >= 0.3 is 0 Å². The number of aryl methyl sites for hydroxylation is 1. The third-order valence-electron chi connectivity index (χ3n) is 5.72. The third kappa shape index (κ3) is 4.77. The summed E-state index contributed by atoms with van der Waals surface area (Å²) >= 11 is 0. The molecule has 2 aliphatic rings. The molecule has 1 saturated carbocycles. The van der Waals surface area contributed by atoms with E-state index in [1.165, 1.54) is 32.2 Å². The van der Waals surface area contributed by atoms with Crippen LogP contribution in [0.5, 0.6) is 0 Å². The Morgan fingerprint density at radius 3 is 2.68 bits per heavy atom. The Kier molecular flexibility index (Phi) is 7.34. The van der Waals surface area contributed by atoms with Crippen molar-refractivity contribution in [2.45, 2.75) is 52.0 Å². The van der Waals surface area contributed by atoms with Gasteiger partial charge < -0.3 is 14.8 Å². The third-order valence-corrected chi connectivity index (χ3v) is 5.72. The summed E-state index contributed by atoms with van der Waals surface area (Å²) in [5, 5.41) is 3.50. The van der Waals surface area contributed by atoms with Gasteiger partial charge in [-0.3, -0.25) is 9.79 Å². The van der Waals surface area contributed by atoms with Gasteiger partial charge in [-0.05, 0) is 50.5 Å². The molecule has 1 aromatic rings. The van der Waals surface area contributed by atoms with Gasteiger partial charge in [0.15, 0.2) is 5.96 Å². The topological polar surface area (TPSA) is 49.6 Å². The van der Waals surface area contributed by atoms with E-state index >= 15 is 0 Å². The van der Waals surface area contributed by atoms with E-state index in [1.54, 1.807) is 6.07 Å². The van der Waals surface area contributed by atoms with Crippen molar-refractivity contribution in [1.82, 2.24) is 14.8 Å². The molecule has 1 saturated heterocycles. The summed E-state index contributed by atoms with van der Waals surface area (Å²) in [7, 11) is 1.88. The lowest BCUT2D eigenvalue weighted by Gasteiger charge is -2.38. The van der Waals surface area contributed by atoms with Crippen molar-refractivity contribution in [2.24, 2.45) is 10.4 Å². The van der Waals surface area contributed by atoms with Crippen molar-refractivity contribution in [3.63, 3.8) is 0 Å². The minimum absolute atomic E-state index is 0. The number of unbranched alkanes of at least 4 members (excludes halogenated alkanes) is 1. The lowest BCUT2D eigenvalue weighted by molar-refractivity contribution is 0.151. The van der Waals surface area contributed by atoms with Crippen molar-refractivity contribution in [2.75, 3.05) is 26.7 Å². The molecule has 3 rings (SSSR count). The standard InChI is InChI=1S/C19H30N4O.HI/c1-16-7-5-8-17(24)23(16)13-4-3-12-21-18(20-2)22-14-11-19(15-22)9-6-10-19;/h5,7-8H,3-4,6,9-15H2,1-2H3,(H,20,21);1H. The maximum Gasteiger partial charge on any atom is 0.250 e. The fourth-order valence-electron chi connectivity index (χ4n) is 4.04. The summed E-state index contributed by atoms with van der Waals surface area (Å²) in [5.74, 6) is 1.05. The Morgan fingerprint density at radius 1 is 1.28 bits per heavy atom. The highest BCUT2D eigenvalue weighted by molar-refractivity contribution is 14.0. The molecule has 140 valence electrons. The Morgan fingerprint density at radius 2 is 2.08 bits per heavy atom. The van der Waals surface area contributed by atoms with Crippen molar-refractivity contribution >= 4 is 29.9 Å². The van der Waals surface area contributed by atoms with Crippen LogP contribution in [0.4, 0.5) is 0 Å². The number of hydrogen-bond acceptors (Lipinski definition) is 2. The molecule has 2 fully saturated rings. The highest BCUT2D eigenvalue weighted by Crippen LogP contribution is 2.47. The minimum atomic E-state index is 0. The first-order valence-corrected chi connectivity index (χ1v) is 9.26. The van der Waals surface area contributed by atoms with Crippen molar-refractivity contribution in [1.29, 1.82) is 0 Å². The molecule has 0 atom stereocenters. The molecule has 5 nitrogen and oxygen atoms in total. The number of aromatic nitrogens is 1. The van der Waals surface area contributed by atoms with E-state index in [0.717, 1.165) is 44.1 Å². The highest BCUT2D eigenvalue weighted by atomic mass is 127. The Bertz CT molecular complexity index is 651. The molecule has 6 heteroatoms. The number of nitrogens with zero attached hydrogens (tertiary/aromatic N) is 3. The van der Waals surface area contributed by atoms with Gasteiger partial charge in [0, 0.05) is 45.0 Å².